The van der Waals surface area contributed by atoms with E-state index in [1.807, 2.05) is 6.92 Å². The van der Waals surface area contributed by atoms with Gasteiger partial charge in [-0.2, -0.15) is 0 Å². The maximum absolute atomic E-state index is 12.8. The Labute approximate surface area is 176 Å². The molecule has 1 aromatic carbocycles. The second-order valence-electron chi connectivity index (χ2n) is 6.22. The zero-order valence-electron chi connectivity index (χ0n) is 16.3. The van der Waals surface area contributed by atoms with Crippen LogP contribution < -0.4 is 10.1 Å². The number of nitrogens with one attached hydrogen (secondary N) is 1. The maximum atomic E-state index is 12.8. The number of aryl methyl sites for hydroxylation is 2. The molecule has 0 aliphatic heterocycles. The van der Waals surface area contributed by atoms with Crippen LogP contribution in [0.1, 0.15) is 42.6 Å². The first-order chi connectivity index (χ1) is 13.8. The van der Waals surface area contributed by atoms with E-state index in [1.54, 1.807) is 38.1 Å². The van der Waals surface area contributed by atoms with Gasteiger partial charge in [-0.1, -0.05) is 28.9 Å². The number of ether oxygens (including phenoxy) is 2. The monoisotopic (exact) mass is 434 g/mol. The van der Waals surface area contributed by atoms with E-state index in [9.17, 15) is 9.59 Å². The molecule has 0 bridgehead atoms. The van der Waals surface area contributed by atoms with Gasteiger partial charge in [-0.3, -0.25) is 4.79 Å². The average molecular weight is 435 g/mol. The predicted molar refractivity (Wildman–Crippen MR) is 110 cm³/mol. The maximum Gasteiger partial charge on any atom is 0.341 e. The molecule has 0 spiro atoms. The van der Waals surface area contributed by atoms with Crippen LogP contribution in [0.3, 0.4) is 0 Å². The van der Waals surface area contributed by atoms with Crippen LogP contribution in [0.4, 0.5) is 5.00 Å². The standard InChI is InChI=1S/C20H19ClN2O5S/c1-10-12(3)29-19(16(10)20(25)26-4)22-18(24)17-13(11(2)28-23-17)9-27-15-8-6-5-7-14(15)21/h5-8H,9H2,1-4H3,(H,22,24). The van der Waals surface area contributed by atoms with Crippen molar-refractivity contribution in [3.05, 3.63) is 62.3 Å². The molecule has 1 N–H and O–H groups in total. The van der Waals surface area contributed by atoms with Gasteiger partial charge < -0.3 is 19.3 Å². The molecule has 1 amide bonds. The summed E-state index contributed by atoms with van der Waals surface area (Å²) < 4.78 is 15.7. The number of hydrogen-bond acceptors (Lipinski definition) is 7. The summed E-state index contributed by atoms with van der Waals surface area (Å²) in [4.78, 5) is 25.9. The van der Waals surface area contributed by atoms with Crippen molar-refractivity contribution >= 4 is 39.8 Å². The molecule has 3 aromatic rings. The number of methoxy groups -OCH3 is 1. The third kappa shape index (κ3) is 4.28. The molecule has 2 aromatic heterocycles. The van der Waals surface area contributed by atoms with Crippen LogP contribution in [-0.2, 0) is 11.3 Å². The van der Waals surface area contributed by atoms with Crippen molar-refractivity contribution in [2.75, 3.05) is 12.4 Å². The first kappa shape index (κ1) is 20.9. The molecular formula is C20H19ClN2O5S. The van der Waals surface area contributed by atoms with Gasteiger partial charge in [0, 0.05) is 4.88 Å². The highest BCUT2D eigenvalue weighted by molar-refractivity contribution is 7.16. The van der Waals surface area contributed by atoms with Crippen molar-refractivity contribution < 1.29 is 23.6 Å². The summed E-state index contributed by atoms with van der Waals surface area (Å²) in [6.45, 7) is 5.41. The van der Waals surface area contributed by atoms with Gasteiger partial charge in [0.15, 0.2) is 5.69 Å². The molecule has 7 nitrogen and oxygen atoms in total. The molecule has 0 fully saturated rings. The third-order valence-corrected chi connectivity index (χ3v) is 5.85. The highest BCUT2D eigenvalue weighted by Crippen LogP contribution is 2.33. The Bertz CT molecular complexity index is 1070. The second-order valence-corrected chi connectivity index (χ2v) is 7.85. The largest absolute Gasteiger partial charge is 0.487 e. The van der Waals surface area contributed by atoms with E-state index in [2.05, 4.69) is 10.5 Å². The quantitative estimate of drug-likeness (QED) is 0.553. The molecule has 0 aliphatic rings. The molecule has 0 radical (unpaired) electrons. The zero-order chi connectivity index (χ0) is 21.1. The molecule has 29 heavy (non-hydrogen) atoms. The molecule has 152 valence electrons. The van der Waals surface area contributed by atoms with Crippen molar-refractivity contribution in [1.82, 2.24) is 5.16 Å². The Hall–Kier alpha value is -2.84. The summed E-state index contributed by atoms with van der Waals surface area (Å²) in [7, 11) is 1.30. The number of aromatic nitrogens is 1. The van der Waals surface area contributed by atoms with Crippen molar-refractivity contribution in [2.45, 2.75) is 27.4 Å². The Morgan fingerprint density at radius 3 is 2.66 bits per heavy atom. The molecule has 0 atom stereocenters. The van der Waals surface area contributed by atoms with Crippen molar-refractivity contribution in [3.63, 3.8) is 0 Å². The van der Waals surface area contributed by atoms with Crippen molar-refractivity contribution in [2.24, 2.45) is 0 Å². The number of para-hydroxylation sites is 1. The number of amides is 1. The summed E-state index contributed by atoms with van der Waals surface area (Å²) in [6.07, 6.45) is 0. The van der Waals surface area contributed by atoms with Crippen LogP contribution in [0.15, 0.2) is 28.8 Å². The van der Waals surface area contributed by atoms with Crippen molar-refractivity contribution in [1.29, 1.82) is 0 Å². The van der Waals surface area contributed by atoms with Gasteiger partial charge >= 0.3 is 5.97 Å². The van der Waals surface area contributed by atoms with Crippen LogP contribution in [-0.4, -0.2) is 24.1 Å². The molecule has 2 heterocycles. The van der Waals surface area contributed by atoms with Gasteiger partial charge in [-0.15, -0.1) is 11.3 Å². The van der Waals surface area contributed by atoms with Crippen LogP contribution in [0, 0.1) is 20.8 Å². The summed E-state index contributed by atoms with van der Waals surface area (Å²) >= 11 is 7.40. The van der Waals surface area contributed by atoms with E-state index in [-0.39, 0.29) is 12.3 Å². The number of esters is 1. The minimum Gasteiger partial charge on any atom is -0.487 e. The molecule has 9 heteroatoms. The number of rotatable bonds is 6. The lowest BCUT2D eigenvalue weighted by Gasteiger charge is -2.09. The summed E-state index contributed by atoms with van der Waals surface area (Å²) in [5, 5.41) is 7.46. The van der Waals surface area contributed by atoms with Gasteiger partial charge in [0.05, 0.1) is 23.3 Å². The number of hydrogen-bond donors (Lipinski definition) is 1. The summed E-state index contributed by atoms with van der Waals surface area (Å²) in [5.74, 6) is -0.0840. The fourth-order valence-electron chi connectivity index (χ4n) is 2.68. The molecule has 0 unspecified atom stereocenters. The zero-order valence-corrected chi connectivity index (χ0v) is 17.9. The normalized spacial score (nSPS) is 10.7. The van der Waals surface area contributed by atoms with Gasteiger partial charge in [0.1, 0.15) is 23.1 Å². The number of thiophene rings is 1. The van der Waals surface area contributed by atoms with E-state index in [0.29, 0.717) is 32.7 Å². The lowest BCUT2D eigenvalue weighted by molar-refractivity contribution is 0.0601. The lowest BCUT2D eigenvalue weighted by atomic mass is 10.1. The predicted octanol–water partition coefficient (Wildman–Crippen LogP) is 4.93. The van der Waals surface area contributed by atoms with Gasteiger partial charge in [-0.25, -0.2) is 4.79 Å². The topological polar surface area (TPSA) is 90.7 Å². The van der Waals surface area contributed by atoms with Crippen LogP contribution in [0.5, 0.6) is 5.75 Å². The second kappa shape index (κ2) is 8.67. The Morgan fingerprint density at radius 2 is 1.97 bits per heavy atom. The molecule has 0 saturated carbocycles. The lowest BCUT2D eigenvalue weighted by Crippen LogP contribution is -2.17. The SMILES string of the molecule is COC(=O)c1c(NC(=O)c2noc(C)c2COc2ccccc2Cl)sc(C)c1C. The average Bonchev–Trinajstić information content (AvgIpc) is 3.20. The van der Waals surface area contributed by atoms with Gasteiger partial charge in [0.25, 0.3) is 5.91 Å². The Morgan fingerprint density at radius 1 is 1.24 bits per heavy atom. The van der Waals surface area contributed by atoms with E-state index in [1.165, 1.54) is 18.4 Å². The summed E-state index contributed by atoms with van der Waals surface area (Å²) in [6, 6.07) is 7.03. The first-order valence-electron chi connectivity index (χ1n) is 8.65. The fraction of sp³-hybridized carbons (Fsp3) is 0.250. The Kier molecular flexibility index (Phi) is 6.24. The van der Waals surface area contributed by atoms with Crippen LogP contribution in [0.25, 0.3) is 0 Å². The van der Waals surface area contributed by atoms with E-state index in [4.69, 9.17) is 25.6 Å². The van der Waals surface area contributed by atoms with Crippen molar-refractivity contribution in [3.8, 4) is 5.75 Å². The number of anilines is 1. The van der Waals surface area contributed by atoms with Gasteiger partial charge in [-0.05, 0) is 38.5 Å². The number of carbonyl (C=O) groups excluding carboxylic acids is 2. The number of halogens is 1. The van der Waals surface area contributed by atoms with E-state index < -0.39 is 11.9 Å². The van der Waals surface area contributed by atoms with E-state index >= 15 is 0 Å². The number of benzene rings is 1. The number of carbonyl (C=O) groups is 2. The third-order valence-electron chi connectivity index (χ3n) is 4.41. The Balaban J connectivity index is 1.84. The van der Waals surface area contributed by atoms with E-state index in [0.717, 1.165) is 10.4 Å². The molecule has 3 rings (SSSR count). The highest BCUT2D eigenvalue weighted by atomic mass is 35.5. The molecule has 0 aliphatic carbocycles. The fourth-order valence-corrected chi connectivity index (χ4v) is 3.91. The minimum absolute atomic E-state index is 0.0498. The smallest absolute Gasteiger partial charge is 0.341 e. The molecular weight excluding hydrogens is 416 g/mol. The molecule has 0 saturated heterocycles. The van der Waals surface area contributed by atoms with Crippen LogP contribution in [0.2, 0.25) is 5.02 Å². The number of nitrogens with zero attached hydrogens (tertiary/aromatic N) is 1. The minimum atomic E-state index is -0.513. The summed E-state index contributed by atoms with van der Waals surface area (Å²) in [5.41, 5.74) is 1.66. The highest BCUT2D eigenvalue weighted by Gasteiger charge is 2.25. The van der Waals surface area contributed by atoms with Crippen LogP contribution >= 0.6 is 22.9 Å². The first-order valence-corrected chi connectivity index (χ1v) is 9.85. The van der Waals surface area contributed by atoms with Gasteiger partial charge in [0.2, 0.25) is 0 Å².